The van der Waals surface area contributed by atoms with E-state index in [1.54, 1.807) is 11.0 Å². The summed E-state index contributed by atoms with van der Waals surface area (Å²) in [5.41, 5.74) is 1.60. The fourth-order valence-electron chi connectivity index (χ4n) is 4.01. The first-order chi connectivity index (χ1) is 13.8. The zero-order chi connectivity index (χ0) is 20.6. The smallest absolute Gasteiger partial charge is 0.336 e. The Morgan fingerprint density at radius 1 is 1.00 bits per heavy atom. The molecule has 0 radical (unpaired) electrons. The lowest BCUT2D eigenvalue weighted by Gasteiger charge is -2.35. The summed E-state index contributed by atoms with van der Waals surface area (Å²) >= 11 is 0. The van der Waals surface area contributed by atoms with Gasteiger partial charge >= 0.3 is 5.63 Å². The number of piperazine rings is 1. The van der Waals surface area contributed by atoms with Crippen molar-refractivity contribution >= 4 is 27.1 Å². The second-order valence-corrected chi connectivity index (χ2v) is 9.59. The van der Waals surface area contributed by atoms with E-state index in [9.17, 15) is 18.0 Å². The minimum Gasteiger partial charge on any atom is -0.423 e. The molecule has 0 unspecified atom stereocenters. The molecule has 8 nitrogen and oxygen atoms in total. The molecule has 9 heteroatoms. The van der Waals surface area contributed by atoms with Gasteiger partial charge in [0, 0.05) is 50.7 Å². The predicted molar refractivity (Wildman–Crippen MR) is 109 cm³/mol. The second-order valence-electron chi connectivity index (χ2n) is 7.66. The average molecular weight is 420 g/mol. The molecule has 3 heterocycles. The van der Waals surface area contributed by atoms with E-state index in [2.05, 4.69) is 0 Å². The monoisotopic (exact) mass is 419 g/mol. The zero-order valence-corrected chi connectivity index (χ0v) is 17.3. The van der Waals surface area contributed by atoms with Crippen molar-refractivity contribution in [3.63, 3.8) is 0 Å². The lowest BCUT2D eigenvalue weighted by Crippen LogP contribution is -2.54. The van der Waals surface area contributed by atoms with Gasteiger partial charge in [-0.3, -0.25) is 4.79 Å². The van der Waals surface area contributed by atoms with Gasteiger partial charge in [0.05, 0.1) is 6.42 Å². The van der Waals surface area contributed by atoms with E-state index in [1.165, 1.54) is 14.7 Å². The van der Waals surface area contributed by atoms with Crippen LogP contribution in [-0.4, -0.2) is 67.1 Å². The molecule has 0 spiro atoms. The molecule has 0 bridgehead atoms. The summed E-state index contributed by atoms with van der Waals surface area (Å²) in [6, 6.07) is 6.92. The van der Waals surface area contributed by atoms with Crippen LogP contribution in [0, 0.1) is 6.92 Å². The van der Waals surface area contributed by atoms with Crippen molar-refractivity contribution in [1.29, 1.82) is 0 Å². The third-order valence-corrected chi connectivity index (χ3v) is 7.67. The highest BCUT2D eigenvalue weighted by Gasteiger charge is 2.34. The Labute approximate surface area is 169 Å². The van der Waals surface area contributed by atoms with Crippen LogP contribution in [0.5, 0.6) is 0 Å². The van der Waals surface area contributed by atoms with Crippen molar-refractivity contribution in [2.75, 3.05) is 39.3 Å². The average Bonchev–Trinajstić information content (AvgIpc) is 3.23. The first-order valence-electron chi connectivity index (χ1n) is 9.91. The highest BCUT2D eigenvalue weighted by atomic mass is 32.2. The van der Waals surface area contributed by atoms with Gasteiger partial charge in [0.15, 0.2) is 0 Å². The molecular formula is C20H25N3O5S. The second kappa shape index (κ2) is 7.89. The van der Waals surface area contributed by atoms with Crippen LogP contribution in [0.25, 0.3) is 11.0 Å². The highest BCUT2D eigenvalue weighted by Crippen LogP contribution is 2.21. The van der Waals surface area contributed by atoms with E-state index in [0.717, 1.165) is 23.8 Å². The molecule has 2 aliphatic heterocycles. The summed E-state index contributed by atoms with van der Waals surface area (Å²) in [6.07, 6.45) is 1.89. The molecule has 4 rings (SSSR count). The molecule has 0 atom stereocenters. The number of hydrogen-bond acceptors (Lipinski definition) is 5. The van der Waals surface area contributed by atoms with Crippen LogP contribution in [0.1, 0.15) is 24.0 Å². The van der Waals surface area contributed by atoms with Gasteiger partial charge < -0.3 is 9.32 Å². The van der Waals surface area contributed by atoms with E-state index < -0.39 is 15.8 Å². The number of nitrogens with zero attached hydrogens (tertiary/aromatic N) is 3. The number of hydrogen-bond donors (Lipinski definition) is 0. The minimum atomic E-state index is -3.43. The molecule has 1 aromatic carbocycles. The summed E-state index contributed by atoms with van der Waals surface area (Å²) in [5, 5.41) is 0.749. The minimum absolute atomic E-state index is 0.0873. The van der Waals surface area contributed by atoms with Gasteiger partial charge in [-0.1, -0.05) is 12.1 Å². The number of fused-ring (bicyclic) bond motifs is 1. The van der Waals surface area contributed by atoms with E-state index in [0.29, 0.717) is 50.4 Å². The molecule has 1 amide bonds. The van der Waals surface area contributed by atoms with Crippen LogP contribution >= 0.6 is 0 Å². The molecular weight excluding hydrogens is 394 g/mol. The van der Waals surface area contributed by atoms with E-state index in [1.807, 2.05) is 19.1 Å². The SMILES string of the molecule is Cc1ccc2c(CC(=O)N3CCN(S(=O)(=O)N4CCCC4)CC3)cc(=O)oc2c1. The molecule has 1 aromatic heterocycles. The van der Waals surface area contributed by atoms with Gasteiger partial charge in [-0.05, 0) is 37.0 Å². The molecule has 0 aliphatic carbocycles. The molecule has 29 heavy (non-hydrogen) atoms. The summed E-state index contributed by atoms with van der Waals surface area (Å²) < 4.78 is 33.6. The summed E-state index contributed by atoms with van der Waals surface area (Å²) in [4.78, 5) is 26.4. The van der Waals surface area contributed by atoms with Gasteiger partial charge in [-0.2, -0.15) is 17.0 Å². The van der Waals surface area contributed by atoms with Crippen LogP contribution in [0.4, 0.5) is 0 Å². The molecule has 2 fully saturated rings. The molecule has 2 aromatic rings. The molecule has 156 valence electrons. The van der Waals surface area contributed by atoms with Gasteiger partial charge in [0.2, 0.25) is 5.91 Å². The topological polar surface area (TPSA) is 91.1 Å². The first-order valence-corrected chi connectivity index (χ1v) is 11.3. The van der Waals surface area contributed by atoms with Crippen molar-refractivity contribution in [1.82, 2.24) is 13.5 Å². The van der Waals surface area contributed by atoms with E-state index in [4.69, 9.17) is 4.42 Å². The lowest BCUT2D eigenvalue weighted by molar-refractivity contribution is -0.131. The maximum atomic E-state index is 12.8. The van der Waals surface area contributed by atoms with Crippen molar-refractivity contribution in [3.8, 4) is 0 Å². The van der Waals surface area contributed by atoms with Crippen molar-refractivity contribution in [3.05, 3.63) is 45.8 Å². The Morgan fingerprint density at radius 2 is 1.66 bits per heavy atom. The van der Waals surface area contributed by atoms with Crippen molar-refractivity contribution < 1.29 is 17.6 Å². The number of amides is 1. The summed E-state index contributed by atoms with van der Waals surface area (Å²) in [5.74, 6) is -0.115. The van der Waals surface area contributed by atoms with Gasteiger partial charge in [-0.15, -0.1) is 0 Å². The number of aryl methyl sites for hydroxylation is 1. The maximum Gasteiger partial charge on any atom is 0.336 e. The quantitative estimate of drug-likeness (QED) is 0.693. The molecule has 2 saturated heterocycles. The largest absolute Gasteiger partial charge is 0.423 e. The van der Waals surface area contributed by atoms with E-state index >= 15 is 0 Å². The third kappa shape index (κ3) is 4.08. The first kappa shape index (κ1) is 20.1. The Balaban J connectivity index is 1.44. The maximum absolute atomic E-state index is 12.8. The van der Waals surface area contributed by atoms with Crippen molar-refractivity contribution in [2.24, 2.45) is 0 Å². The van der Waals surface area contributed by atoms with Crippen LogP contribution in [0.15, 0.2) is 33.5 Å². The highest BCUT2D eigenvalue weighted by molar-refractivity contribution is 7.86. The Bertz CT molecular complexity index is 1080. The summed E-state index contributed by atoms with van der Waals surface area (Å²) in [6.45, 7) is 4.35. The number of rotatable bonds is 4. The van der Waals surface area contributed by atoms with Crippen LogP contribution in [0.3, 0.4) is 0 Å². The fourth-order valence-corrected chi connectivity index (χ4v) is 5.68. The molecule has 0 saturated carbocycles. The van der Waals surface area contributed by atoms with Gasteiger partial charge in [-0.25, -0.2) is 4.79 Å². The molecule has 0 N–H and O–H groups in total. The lowest BCUT2D eigenvalue weighted by atomic mass is 10.0. The van der Waals surface area contributed by atoms with Crippen LogP contribution in [0.2, 0.25) is 0 Å². The van der Waals surface area contributed by atoms with E-state index in [-0.39, 0.29) is 12.3 Å². The summed E-state index contributed by atoms with van der Waals surface area (Å²) in [7, 11) is -3.43. The normalized spacial score (nSPS) is 19.1. The van der Waals surface area contributed by atoms with Crippen molar-refractivity contribution in [2.45, 2.75) is 26.2 Å². The van der Waals surface area contributed by atoms with Crippen LogP contribution < -0.4 is 5.63 Å². The fraction of sp³-hybridized carbons (Fsp3) is 0.500. The number of carbonyl (C=O) groups excluding carboxylic acids is 1. The Kier molecular flexibility index (Phi) is 5.46. The number of carbonyl (C=O) groups is 1. The van der Waals surface area contributed by atoms with Crippen LogP contribution in [-0.2, 0) is 21.4 Å². The Hall–Kier alpha value is -2.23. The van der Waals surface area contributed by atoms with Gasteiger partial charge in [0.25, 0.3) is 10.2 Å². The van der Waals surface area contributed by atoms with Gasteiger partial charge in [0.1, 0.15) is 5.58 Å². The predicted octanol–water partition coefficient (Wildman–Crippen LogP) is 1.13. The standard InChI is InChI=1S/C20H25N3O5S/c1-15-4-5-17-16(14-20(25)28-18(17)12-15)13-19(24)21-8-10-23(11-9-21)29(26,27)22-6-2-3-7-22/h4-5,12,14H,2-3,6-11,13H2,1H3. The molecule has 2 aliphatic rings. The third-order valence-electron chi connectivity index (χ3n) is 5.64. The number of benzene rings is 1. The Morgan fingerprint density at radius 3 is 2.34 bits per heavy atom. The zero-order valence-electron chi connectivity index (χ0n) is 16.5.